The molecule has 0 unspecified atom stereocenters. The lowest BCUT2D eigenvalue weighted by atomic mass is 9.32. The highest BCUT2D eigenvalue weighted by Gasteiger charge is 2.70. The van der Waals surface area contributed by atoms with Gasteiger partial charge in [-0.2, -0.15) is 0 Å². The summed E-state index contributed by atoms with van der Waals surface area (Å²) < 4.78 is 0. The third-order valence-corrected chi connectivity index (χ3v) is 18.3. The van der Waals surface area contributed by atoms with Gasteiger partial charge in [-0.15, -0.1) is 0 Å². The van der Waals surface area contributed by atoms with Crippen molar-refractivity contribution >= 4 is 0 Å². The first-order valence-corrected chi connectivity index (χ1v) is 21.3. The lowest BCUT2D eigenvalue weighted by molar-refractivity contribution is -0.247. The van der Waals surface area contributed by atoms with Crippen LogP contribution in [0.4, 0.5) is 0 Å². The van der Waals surface area contributed by atoms with Gasteiger partial charge >= 0.3 is 0 Å². The fourth-order valence-electron chi connectivity index (χ4n) is 15.3. The van der Waals surface area contributed by atoms with Gasteiger partial charge < -0.3 is 15.3 Å². The van der Waals surface area contributed by atoms with E-state index in [9.17, 15) is 5.11 Å². The lowest BCUT2D eigenvalue weighted by Gasteiger charge is -2.73. The molecule has 4 nitrogen and oxygen atoms in total. The topological polar surface area (TPSA) is 38.7 Å². The molecule has 6 saturated carbocycles. The van der Waals surface area contributed by atoms with Gasteiger partial charge in [-0.05, 0) is 160 Å². The van der Waals surface area contributed by atoms with E-state index in [0.717, 1.165) is 42.6 Å². The second kappa shape index (κ2) is 13.5. The zero-order valence-corrected chi connectivity index (χ0v) is 32.6. The Morgan fingerprint density at radius 3 is 2.19 bits per heavy atom. The third kappa shape index (κ3) is 5.93. The summed E-state index contributed by atoms with van der Waals surface area (Å²) in [6.45, 7) is 30.1. The summed E-state index contributed by atoms with van der Waals surface area (Å²) in [4.78, 5) is 5.50. The van der Waals surface area contributed by atoms with Crippen LogP contribution in [0.3, 0.4) is 0 Å². The Bertz CT molecular complexity index is 1140. The number of nitrogens with one attached hydrogen (secondary N) is 1. The van der Waals surface area contributed by atoms with Crippen LogP contribution in [0.5, 0.6) is 0 Å². The van der Waals surface area contributed by atoms with E-state index in [0.29, 0.717) is 27.6 Å². The summed E-state index contributed by atoms with van der Waals surface area (Å²) in [6.07, 6.45) is 22.0. The van der Waals surface area contributed by atoms with E-state index in [2.05, 4.69) is 63.2 Å². The highest BCUT2D eigenvalue weighted by molar-refractivity contribution is 5.21. The van der Waals surface area contributed by atoms with Crippen LogP contribution in [0, 0.1) is 62.6 Å². The maximum atomic E-state index is 11.1. The summed E-state index contributed by atoms with van der Waals surface area (Å²) in [5.74, 6) is 4.80. The average Bonchev–Trinajstić information content (AvgIpc) is 3.45. The molecular weight excluding hydrogens is 587 g/mol. The quantitative estimate of drug-likeness (QED) is 0.191. The molecule has 6 aliphatic carbocycles. The van der Waals surface area contributed by atoms with E-state index < -0.39 is 0 Å². The van der Waals surface area contributed by atoms with Crippen LogP contribution >= 0.6 is 0 Å². The Kier molecular flexibility index (Phi) is 10.1. The number of hydrogen-bond donors (Lipinski definition) is 2. The number of aliphatic hydroxyl groups is 1. The zero-order chi connectivity index (χ0) is 34.0. The van der Waals surface area contributed by atoms with E-state index in [4.69, 9.17) is 0 Å². The van der Waals surface area contributed by atoms with Crippen LogP contribution in [0.15, 0.2) is 12.2 Å². The molecule has 0 spiro atoms. The number of piperazine rings is 1. The van der Waals surface area contributed by atoms with Crippen molar-refractivity contribution in [3.8, 4) is 0 Å². The molecule has 0 bridgehead atoms. The van der Waals surface area contributed by atoms with Crippen molar-refractivity contribution in [2.75, 3.05) is 52.4 Å². The monoisotopic (exact) mass is 664 g/mol. The summed E-state index contributed by atoms with van der Waals surface area (Å²) >= 11 is 0. The average molecular weight is 664 g/mol. The van der Waals surface area contributed by atoms with Crippen molar-refractivity contribution < 1.29 is 5.11 Å². The molecule has 1 aliphatic heterocycles. The Morgan fingerprint density at radius 1 is 0.729 bits per heavy atom. The number of rotatable bonds is 9. The molecule has 10 atom stereocenters. The molecule has 1 heterocycles. The first kappa shape index (κ1) is 36.0. The van der Waals surface area contributed by atoms with Crippen molar-refractivity contribution in [3.63, 3.8) is 0 Å². The Hall–Kier alpha value is -0.420. The fourth-order valence-corrected chi connectivity index (χ4v) is 15.3. The molecule has 0 radical (unpaired) electrons. The SMILES string of the molecule is C=C(C)[C@@H]1CC[C@]2(CCNCCN3CCN(CC4CCCCC4)CC3)CC[C@]3(C)[C@H](CC[C@@H]4[C@@]5(C)CC[C@H](O)C(C)(C)[C@@H]5CC[C@]43C)[C@@H]12. The molecule has 7 aliphatic rings. The second-order valence-corrected chi connectivity index (χ2v) is 20.6. The van der Waals surface area contributed by atoms with Gasteiger partial charge in [-0.1, -0.05) is 66.0 Å². The van der Waals surface area contributed by atoms with E-state index in [1.54, 1.807) is 0 Å². The van der Waals surface area contributed by atoms with Crippen molar-refractivity contribution in [2.24, 2.45) is 62.6 Å². The summed E-state index contributed by atoms with van der Waals surface area (Å²) in [5, 5.41) is 15.1. The first-order valence-electron chi connectivity index (χ1n) is 21.3. The van der Waals surface area contributed by atoms with E-state index in [-0.39, 0.29) is 11.5 Å². The van der Waals surface area contributed by atoms with Crippen LogP contribution < -0.4 is 5.32 Å². The van der Waals surface area contributed by atoms with Crippen molar-refractivity contribution in [3.05, 3.63) is 12.2 Å². The summed E-state index contributed by atoms with van der Waals surface area (Å²) in [5.41, 5.74) is 3.23. The van der Waals surface area contributed by atoms with E-state index in [1.165, 1.54) is 148 Å². The largest absolute Gasteiger partial charge is 0.393 e. The molecule has 0 aromatic carbocycles. The molecule has 2 N–H and O–H groups in total. The van der Waals surface area contributed by atoms with E-state index in [1.807, 2.05) is 0 Å². The third-order valence-electron chi connectivity index (χ3n) is 18.3. The van der Waals surface area contributed by atoms with Crippen LogP contribution in [-0.4, -0.2) is 73.4 Å². The number of allylic oxidation sites excluding steroid dienone is 1. The molecule has 7 fully saturated rings. The number of nitrogens with zero attached hydrogens (tertiary/aromatic N) is 2. The minimum Gasteiger partial charge on any atom is -0.393 e. The molecule has 0 aromatic rings. The number of aliphatic hydroxyl groups excluding tert-OH is 1. The molecule has 0 aromatic heterocycles. The number of hydrogen-bond acceptors (Lipinski definition) is 4. The van der Waals surface area contributed by atoms with Gasteiger partial charge in [0.05, 0.1) is 6.10 Å². The zero-order valence-electron chi connectivity index (χ0n) is 32.6. The Balaban J connectivity index is 0.975. The van der Waals surface area contributed by atoms with Gasteiger partial charge in [-0.3, -0.25) is 4.90 Å². The normalized spacial score (nSPS) is 46.7. The summed E-state index contributed by atoms with van der Waals surface area (Å²) in [7, 11) is 0. The first-order chi connectivity index (χ1) is 22.8. The van der Waals surface area contributed by atoms with Gasteiger partial charge in [0.15, 0.2) is 0 Å². The van der Waals surface area contributed by atoms with Gasteiger partial charge in [-0.25, -0.2) is 0 Å². The van der Waals surface area contributed by atoms with Gasteiger partial charge in [0.2, 0.25) is 0 Å². The minimum absolute atomic E-state index is 0.0418. The maximum absolute atomic E-state index is 11.1. The van der Waals surface area contributed by atoms with Crippen LogP contribution in [-0.2, 0) is 0 Å². The fraction of sp³-hybridized carbons (Fsp3) is 0.955. The van der Waals surface area contributed by atoms with Gasteiger partial charge in [0, 0.05) is 45.8 Å². The van der Waals surface area contributed by atoms with Crippen LogP contribution in [0.1, 0.15) is 144 Å². The second-order valence-electron chi connectivity index (χ2n) is 20.6. The minimum atomic E-state index is -0.133. The van der Waals surface area contributed by atoms with Gasteiger partial charge in [0.1, 0.15) is 0 Å². The molecular formula is C44H77N3O. The smallest absolute Gasteiger partial charge is 0.0594 e. The molecule has 7 rings (SSSR count). The highest BCUT2D eigenvalue weighted by Crippen LogP contribution is 2.77. The number of fused-ring (bicyclic) bond motifs is 7. The van der Waals surface area contributed by atoms with Crippen LogP contribution in [0.2, 0.25) is 0 Å². The molecule has 0 amide bonds. The standard InChI is InChI=1S/C44H77N3O/c1-32(2)34-15-20-44(23-24-45-25-26-46-27-29-47(30-28-46)31-33-11-9-8-10-12-33)22-21-42(6)35(39(34)44)13-14-37-41(5)18-17-38(48)40(3,4)36(41)16-19-43(37,42)7/h33-39,45,48H,1,8-31H2,2-7H3/t34-,35+,36-,37+,38-,39+,41-,42+,43+,44+/m0/s1. The maximum Gasteiger partial charge on any atom is 0.0594 e. The van der Waals surface area contributed by atoms with Gasteiger partial charge in [0.25, 0.3) is 0 Å². The predicted octanol–water partition coefficient (Wildman–Crippen LogP) is 9.18. The van der Waals surface area contributed by atoms with Crippen molar-refractivity contribution in [2.45, 2.75) is 150 Å². The lowest BCUT2D eigenvalue weighted by Crippen LogP contribution is -2.66. The summed E-state index contributed by atoms with van der Waals surface area (Å²) in [6, 6.07) is 0. The van der Waals surface area contributed by atoms with Crippen molar-refractivity contribution in [1.82, 2.24) is 15.1 Å². The Labute approximate surface area is 297 Å². The molecule has 4 heteroatoms. The Morgan fingerprint density at radius 2 is 1.46 bits per heavy atom. The van der Waals surface area contributed by atoms with E-state index >= 15 is 0 Å². The molecule has 1 saturated heterocycles. The molecule has 274 valence electrons. The highest BCUT2D eigenvalue weighted by atomic mass is 16.3. The van der Waals surface area contributed by atoms with Crippen molar-refractivity contribution in [1.29, 1.82) is 0 Å². The van der Waals surface area contributed by atoms with Crippen LogP contribution in [0.25, 0.3) is 0 Å². The predicted molar refractivity (Wildman–Crippen MR) is 202 cm³/mol. The molecule has 48 heavy (non-hydrogen) atoms.